The number of phenols is 1. The molecule has 4 heteroatoms. The monoisotopic (exact) mass is 315 g/mol. The number of ketones is 1. The van der Waals surface area contributed by atoms with Crippen LogP contribution in [-0.2, 0) is 6.42 Å². The Morgan fingerprint density at radius 2 is 1.95 bits per heavy atom. The van der Waals surface area contributed by atoms with E-state index < -0.39 is 0 Å². The zero-order valence-electron chi connectivity index (χ0n) is 12.9. The molecule has 2 aromatic rings. The average molecular weight is 315 g/mol. The lowest BCUT2D eigenvalue weighted by Crippen LogP contribution is -2.33. The van der Waals surface area contributed by atoms with Gasteiger partial charge in [0.2, 0.25) is 0 Å². The minimum atomic E-state index is 0.0372. The Hall–Kier alpha value is -1.78. The molecule has 2 aromatic carbocycles. The number of phenolic OH excluding ortho intramolecular Hbond substituents is 1. The summed E-state index contributed by atoms with van der Waals surface area (Å²) in [5.74, 6) is 0.254. The number of thioether (sulfide) groups is 1. The van der Waals surface area contributed by atoms with E-state index in [1.54, 1.807) is 18.2 Å². The van der Waals surface area contributed by atoms with Crippen LogP contribution >= 0.6 is 11.8 Å². The first-order valence-corrected chi connectivity index (χ1v) is 8.50. The third-order valence-electron chi connectivity index (χ3n) is 3.50. The smallest absolute Gasteiger partial charge is 0.176 e. The lowest BCUT2D eigenvalue weighted by molar-refractivity contribution is 0.0987. The van der Waals surface area contributed by atoms with E-state index in [0.29, 0.717) is 12.1 Å². The molecule has 0 aliphatic heterocycles. The molecule has 1 atom stereocenters. The van der Waals surface area contributed by atoms with Crippen molar-refractivity contribution < 1.29 is 9.90 Å². The van der Waals surface area contributed by atoms with Crippen molar-refractivity contribution in [2.45, 2.75) is 24.3 Å². The van der Waals surface area contributed by atoms with Crippen molar-refractivity contribution in [3.05, 3.63) is 59.7 Å². The average Bonchev–Trinajstić information content (AvgIpc) is 2.54. The van der Waals surface area contributed by atoms with Gasteiger partial charge >= 0.3 is 0 Å². The van der Waals surface area contributed by atoms with E-state index >= 15 is 0 Å². The van der Waals surface area contributed by atoms with Gasteiger partial charge in [0.05, 0.1) is 6.54 Å². The Labute approximate surface area is 135 Å². The van der Waals surface area contributed by atoms with Gasteiger partial charge < -0.3 is 10.4 Å². The number of nitrogens with one attached hydrogen (secondary N) is 1. The van der Waals surface area contributed by atoms with Crippen molar-refractivity contribution in [1.82, 2.24) is 5.32 Å². The van der Waals surface area contributed by atoms with Crippen LogP contribution < -0.4 is 5.32 Å². The molecule has 0 aliphatic carbocycles. The van der Waals surface area contributed by atoms with Crippen molar-refractivity contribution in [3.63, 3.8) is 0 Å². The maximum Gasteiger partial charge on any atom is 0.176 e. The van der Waals surface area contributed by atoms with Crippen molar-refractivity contribution in [2.24, 2.45) is 0 Å². The molecule has 0 aromatic heterocycles. The van der Waals surface area contributed by atoms with Crippen LogP contribution in [0.1, 0.15) is 22.8 Å². The minimum Gasteiger partial charge on any atom is -0.507 e. The van der Waals surface area contributed by atoms with E-state index in [4.69, 9.17) is 0 Å². The zero-order chi connectivity index (χ0) is 15.9. The number of rotatable bonds is 7. The summed E-state index contributed by atoms with van der Waals surface area (Å²) in [5.41, 5.74) is 1.88. The van der Waals surface area contributed by atoms with E-state index in [1.165, 1.54) is 17.3 Å². The molecule has 116 valence electrons. The summed E-state index contributed by atoms with van der Waals surface area (Å²) >= 11 is 1.43. The molecule has 3 nitrogen and oxygen atoms in total. The number of aromatic hydroxyl groups is 1. The molecule has 0 radical (unpaired) electrons. The standard InChI is InChI=1S/C18H21NO2S/c1-13(10-14-6-4-3-5-7-14)19-12-17(21)15-8-9-16(20)18(11-15)22-2/h3-9,11,13,19-20H,10,12H2,1-2H3. The molecule has 1 unspecified atom stereocenters. The molecule has 0 fully saturated rings. The summed E-state index contributed by atoms with van der Waals surface area (Å²) in [4.78, 5) is 13.0. The molecule has 22 heavy (non-hydrogen) atoms. The first-order valence-electron chi connectivity index (χ1n) is 7.27. The predicted octanol–water partition coefficient (Wildman–Crippen LogP) is 3.52. The van der Waals surface area contributed by atoms with Crippen LogP contribution in [0.5, 0.6) is 5.75 Å². The topological polar surface area (TPSA) is 49.3 Å². The fourth-order valence-electron chi connectivity index (χ4n) is 2.26. The molecule has 0 amide bonds. The van der Waals surface area contributed by atoms with Crippen LogP contribution in [0.15, 0.2) is 53.4 Å². The quantitative estimate of drug-likeness (QED) is 0.606. The van der Waals surface area contributed by atoms with E-state index in [0.717, 1.165) is 11.3 Å². The Balaban J connectivity index is 1.89. The third kappa shape index (κ3) is 4.61. The van der Waals surface area contributed by atoms with Gasteiger partial charge in [-0.2, -0.15) is 0 Å². The number of hydrogen-bond acceptors (Lipinski definition) is 4. The highest BCUT2D eigenvalue weighted by molar-refractivity contribution is 7.98. The molecular weight excluding hydrogens is 294 g/mol. The summed E-state index contributed by atoms with van der Waals surface area (Å²) in [6.07, 6.45) is 2.77. The van der Waals surface area contributed by atoms with Crippen molar-refractivity contribution >= 4 is 17.5 Å². The normalized spacial score (nSPS) is 12.1. The van der Waals surface area contributed by atoms with Crippen molar-refractivity contribution in [2.75, 3.05) is 12.8 Å². The van der Waals surface area contributed by atoms with Gasteiger partial charge in [-0.3, -0.25) is 4.79 Å². The predicted molar refractivity (Wildman–Crippen MR) is 91.8 cm³/mol. The molecular formula is C18H21NO2S. The molecule has 0 saturated carbocycles. The van der Waals surface area contributed by atoms with E-state index in [2.05, 4.69) is 24.4 Å². The maximum atomic E-state index is 12.2. The first kappa shape index (κ1) is 16.6. The van der Waals surface area contributed by atoms with Crippen LogP contribution in [0.2, 0.25) is 0 Å². The first-order chi connectivity index (χ1) is 10.6. The number of carbonyl (C=O) groups is 1. The Kier molecular flexibility index (Phi) is 6.04. The lowest BCUT2D eigenvalue weighted by atomic mass is 10.1. The lowest BCUT2D eigenvalue weighted by Gasteiger charge is -2.13. The number of hydrogen-bond donors (Lipinski definition) is 2. The van der Waals surface area contributed by atoms with E-state index in [-0.39, 0.29) is 17.6 Å². The van der Waals surface area contributed by atoms with Gasteiger partial charge in [0.1, 0.15) is 5.75 Å². The van der Waals surface area contributed by atoms with Crippen molar-refractivity contribution in [1.29, 1.82) is 0 Å². The van der Waals surface area contributed by atoms with Gasteiger partial charge in [0, 0.05) is 16.5 Å². The van der Waals surface area contributed by atoms with Gasteiger partial charge in [-0.1, -0.05) is 30.3 Å². The molecule has 2 rings (SSSR count). The zero-order valence-corrected chi connectivity index (χ0v) is 13.7. The molecule has 0 aliphatic rings. The molecule has 2 N–H and O–H groups in total. The SMILES string of the molecule is CSc1cc(C(=O)CNC(C)Cc2ccccc2)ccc1O. The summed E-state index contributed by atoms with van der Waals surface area (Å²) in [6.45, 7) is 2.37. The largest absolute Gasteiger partial charge is 0.507 e. The summed E-state index contributed by atoms with van der Waals surface area (Å²) in [7, 11) is 0. The molecule has 0 saturated heterocycles. The molecule has 0 spiro atoms. The van der Waals surface area contributed by atoms with Gasteiger partial charge in [-0.15, -0.1) is 11.8 Å². The Morgan fingerprint density at radius 1 is 1.23 bits per heavy atom. The Bertz CT molecular complexity index is 628. The Morgan fingerprint density at radius 3 is 2.64 bits per heavy atom. The van der Waals surface area contributed by atoms with Crippen molar-refractivity contribution in [3.8, 4) is 5.75 Å². The highest BCUT2D eigenvalue weighted by atomic mass is 32.2. The highest BCUT2D eigenvalue weighted by Crippen LogP contribution is 2.27. The second-order valence-corrected chi connectivity index (χ2v) is 6.13. The number of carbonyl (C=O) groups excluding carboxylic acids is 1. The fraction of sp³-hybridized carbons (Fsp3) is 0.278. The second-order valence-electron chi connectivity index (χ2n) is 5.28. The highest BCUT2D eigenvalue weighted by Gasteiger charge is 2.11. The van der Waals surface area contributed by atoms with Gasteiger partial charge in [0.25, 0.3) is 0 Å². The van der Waals surface area contributed by atoms with E-state index in [9.17, 15) is 9.90 Å². The van der Waals surface area contributed by atoms with E-state index in [1.807, 2.05) is 24.5 Å². The summed E-state index contributed by atoms with van der Waals surface area (Å²) in [5, 5.41) is 12.9. The molecule has 0 bridgehead atoms. The maximum absolute atomic E-state index is 12.2. The summed E-state index contributed by atoms with van der Waals surface area (Å²) < 4.78 is 0. The van der Waals surface area contributed by atoms with Crippen LogP contribution in [0.25, 0.3) is 0 Å². The van der Waals surface area contributed by atoms with Crippen LogP contribution in [-0.4, -0.2) is 29.7 Å². The molecule has 0 heterocycles. The minimum absolute atomic E-state index is 0.0372. The van der Waals surface area contributed by atoms with Gasteiger partial charge in [-0.05, 0) is 43.4 Å². The van der Waals surface area contributed by atoms with Crippen LogP contribution in [0.4, 0.5) is 0 Å². The third-order valence-corrected chi connectivity index (χ3v) is 4.26. The number of Topliss-reactive ketones (excluding diaryl/α,β-unsaturated/α-hetero) is 1. The second kappa shape index (κ2) is 8.01. The summed E-state index contributed by atoms with van der Waals surface area (Å²) in [6, 6.07) is 15.4. The van der Waals surface area contributed by atoms with Crippen LogP contribution in [0.3, 0.4) is 0 Å². The van der Waals surface area contributed by atoms with Crippen LogP contribution in [0, 0.1) is 0 Å². The number of benzene rings is 2. The fourth-order valence-corrected chi connectivity index (χ4v) is 2.78. The van der Waals surface area contributed by atoms with Gasteiger partial charge in [0.15, 0.2) is 5.78 Å². The van der Waals surface area contributed by atoms with Gasteiger partial charge in [-0.25, -0.2) is 0 Å².